The molecule has 0 atom stereocenters. The van der Waals surface area contributed by atoms with E-state index >= 15 is 0 Å². The maximum absolute atomic E-state index is 12.7. The van der Waals surface area contributed by atoms with Crippen molar-refractivity contribution in [3.63, 3.8) is 0 Å². The fraction of sp³-hybridized carbons (Fsp3) is 0.133. The van der Waals surface area contributed by atoms with E-state index in [1.165, 1.54) is 29.7 Å². The Morgan fingerprint density at radius 1 is 1.33 bits per heavy atom. The molecule has 0 bridgehead atoms. The predicted molar refractivity (Wildman–Crippen MR) is 73.3 cm³/mol. The number of ether oxygens (including phenoxy) is 1. The quantitative estimate of drug-likeness (QED) is 0.394. The summed E-state index contributed by atoms with van der Waals surface area (Å²) in [5, 5.41) is 7.26. The van der Waals surface area contributed by atoms with Gasteiger partial charge in [-0.05, 0) is 36.3 Å². The van der Waals surface area contributed by atoms with Crippen LogP contribution in [0.25, 0.3) is 0 Å². The molecule has 0 aliphatic carbocycles. The van der Waals surface area contributed by atoms with Gasteiger partial charge in [0.2, 0.25) is 6.41 Å². The van der Waals surface area contributed by atoms with E-state index in [9.17, 15) is 4.39 Å². The largest absolute Gasteiger partial charge is 0.426 e. The average molecular weight is 291 g/mol. The number of halogens is 1. The molecule has 2 aromatic rings. The summed E-state index contributed by atoms with van der Waals surface area (Å²) in [4.78, 5) is 8.81. The van der Waals surface area contributed by atoms with Crippen molar-refractivity contribution in [2.24, 2.45) is 0 Å². The number of nitrogens with one attached hydrogen (secondary N) is 1. The van der Waals surface area contributed by atoms with Crippen molar-refractivity contribution in [1.82, 2.24) is 5.48 Å². The minimum atomic E-state index is -0.300. The van der Waals surface area contributed by atoms with Crippen LogP contribution >= 0.6 is 0 Å². The number of benzene rings is 1. The number of amides is 1. The highest BCUT2D eigenvalue weighted by Crippen LogP contribution is 2.23. The van der Waals surface area contributed by atoms with Crippen LogP contribution in [0.2, 0.25) is 0 Å². The summed E-state index contributed by atoms with van der Waals surface area (Å²) in [6.07, 6.45) is 0.953. The molecule has 0 spiro atoms. The topological polar surface area (TPSA) is 71.7 Å². The zero-order valence-corrected chi connectivity index (χ0v) is 11.3. The molecular formula is C15H14FNO4. The van der Waals surface area contributed by atoms with Gasteiger partial charge in [0.25, 0.3) is 5.95 Å². The third kappa shape index (κ3) is 6.27. The zero-order chi connectivity index (χ0) is 15.5. The van der Waals surface area contributed by atoms with Crippen LogP contribution in [0.1, 0.15) is 19.1 Å². The molecule has 0 unspecified atom stereocenters. The molecule has 1 aromatic heterocycles. The Morgan fingerprint density at radius 3 is 2.57 bits per heavy atom. The van der Waals surface area contributed by atoms with E-state index in [0.717, 1.165) is 6.42 Å². The summed E-state index contributed by atoms with van der Waals surface area (Å²) in [6, 6.07) is 9.15. The fourth-order valence-corrected chi connectivity index (χ4v) is 1.24. The van der Waals surface area contributed by atoms with Gasteiger partial charge in [-0.2, -0.15) is 0 Å². The Bertz CT molecular complexity index is 611. The van der Waals surface area contributed by atoms with Crippen LogP contribution in [0.15, 0.2) is 40.8 Å². The molecule has 6 heteroatoms. The highest BCUT2D eigenvalue weighted by atomic mass is 19.1. The van der Waals surface area contributed by atoms with E-state index in [1.54, 1.807) is 12.1 Å². The number of carbonyl (C=O) groups excluding carboxylic acids is 1. The van der Waals surface area contributed by atoms with Crippen LogP contribution in [0.5, 0.6) is 11.7 Å². The monoisotopic (exact) mass is 291 g/mol. The van der Waals surface area contributed by atoms with Crippen molar-refractivity contribution in [3.8, 4) is 23.5 Å². The molecular weight excluding hydrogens is 277 g/mol. The van der Waals surface area contributed by atoms with Gasteiger partial charge in [-0.1, -0.05) is 12.8 Å². The van der Waals surface area contributed by atoms with Crippen LogP contribution in [0.4, 0.5) is 4.39 Å². The molecule has 110 valence electrons. The molecule has 0 fully saturated rings. The standard InChI is InChI=1S/C14H11FO2.CH3NO2/c1-2-3-4-12-9-10-14(16-12)17-13-7-5-11(15)6-8-13;3-1-2-4/h5-10H,2H2,1H3;1,4H,(H,2,3). The molecule has 0 aliphatic heterocycles. The molecule has 5 nitrogen and oxygen atoms in total. The van der Waals surface area contributed by atoms with Gasteiger partial charge >= 0.3 is 0 Å². The molecule has 0 saturated carbocycles. The fourth-order valence-electron chi connectivity index (χ4n) is 1.24. The first-order valence-electron chi connectivity index (χ1n) is 6.05. The highest BCUT2D eigenvalue weighted by molar-refractivity contribution is 5.43. The summed E-state index contributed by atoms with van der Waals surface area (Å²) < 4.78 is 23.4. The van der Waals surface area contributed by atoms with Crippen LogP contribution in [0, 0.1) is 17.7 Å². The molecule has 1 amide bonds. The summed E-state index contributed by atoms with van der Waals surface area (Å²) in [5.41, 5.74) is 1.25. The maximum atomic E-state index is 12.7. The van der Waals surface area contributed by atoms with Crippen molar-refractivity contribution in [2.45, 2.75) is 13.3 Å². The summed E-state index contributed by atoms with van der Waals surface area (Å²) >= 11 is 0. The number of carbonyl (C=O) groups is 1. The summed E-state index contributed by atoms with van der Waals surface area (Å²) in [5.74, 6) is 6.88. The molecule has 1 heterocycles. The molecule has 1 aromatic carbocycles. The van der Waals surface area contributed by atoms with E-state index < -0.39 is 0 Å². The number of hydroxylamine groups is 1. The van der Waals surface area contributed by atoms with E-state index in [1.807, 2.05) is 6.92 Å². The van der Waals surface area contributed by atoms with Gasteiger partial charge in [0.15, 0.2) is 5.76 Å². The van der Waals surface area contributed by atoms with Gasteiger partial charge in [-0.25, -0.2) is 9.87 Å². The Kier molecular flexibility index (Phi) is 7.11. The minimum absolute atomic E-state index is 0.181. The first-order valence-corrected chi connectivity index (χ1v) is 6.05. The lowest BCUT2D eigenvalue weighted by Crippen LogP contribution is -1.99. The second-order valence-corrected chi connectivity index (χ2v) is 3.58. The second-order valence-electron chi connectivity index (χ2n) is 3.58. The Labute approximate surface area is 121 Å². The number of hydrogen-bond acceptors (Lipinski definition) is 4. The molecule has 2 rings (SSSR count). The lowest BCUT2D eigenvalue weighted by Gasteiger charge is -2.00. The number of rotatable bonds is 3. The van der Waals surface area contributed by atoms with Gasteiger partial charge in [-0.3, -0.25) is 10.0 Å². The van der Waals surface area contributed by atoms with E-state index in [2.05, 4.69) is 11.8 Å². The van der Waals surface area contributed by atoms with Crippen molar-refractivity contribution in [2.75, 3.05) is 0 Å². The molecule has 21 heavy (non-hydrogen) atoms. The SMILES string of the molecule is CCC#Cc1ccc(Oc2ccc(F)cc2)o1.O=CNO. The smallest absolute Gasteiger partial charge is 0.291 e. The minimum Gasteiger partial charge on any atom is -0.426 e. The average Bonchev–Trinajstić information content (AvgIpc) is 2.95. The van der Waals surface area contributed by atoms with Crippen molar-refractivity contribution >= 4 is 6.41 Å². The highest BCUT2D eigenvalue weighted by Gasteiger charge is 2.02. The molecule has 2 N–H and O–H groups in total. The van der Waals surface area contributed by atoms with Crippen molar-refractivity contribution in [1.29, 1.82) is 0 Å². The maximum Gasteiger partial charge on any atom is 0.291 e. The van der Waals surface area contributed by atoms with Gasteiger partial charge in [0.05, 0.1) is 0 Å². The zero-order valence-electron chi connectivity index (χ0n) is 11.3. The van der Waals surface area contributed by atoms with E-state index in [4.69, 9.17) is 19.2 Å². The Hall–Kier alpha value is -2.78. The van der Waals surface area contributed by atoms with Gasteiger partial charge < -0.3 is 9.15 Å². The number of hydrogen-bond donors (Lipinski definition) is 2. The first kappa shape index (κ1) is 16.3. The van der Waals surface area contributed by atoms with Crippen LogP contribution in [-0.2, 0) is 4.79 Å². The number of furan rings is 1. The predicted octanol–water partition coefficient (Wildman–Crippen LogP) is 3.09. The lowest BCUT2D eigenvalue weighted by atomic mass is 10.3. The van der Waals surface area contributed by atoms with E-state index in [0.29, 0.717) is 17.5 Å². The van der Waals surface area contributed by atoms with Crippen molar-refractivity contribution < 1.29 is 23.5 Å². The summed E-state index contributed by atoms with van der Waals surface area (Å²) in [6.45, 7) is 1.96. The van der Waals surface area contributed by atoms with E-state index in [-0.39, 0.29) is 12.2 Å². The normalized spacial score (nSPS) is 8.71. The Morgan fingerprint density at radius 2 is 2.00 bits per heavy atom. The van der Waals surface area contributed by atoms with Gasteiger partial charge in [0.1, 0.15) is 11.6 Å². The first-order chi connectivity index (χ1) is 10.2. The molecule has 0 aliphatic rings. The third-order valence-electron chi connectivity index (χ3n) is 2.05. The van der Waals surface area contributed by atoms with Crippen LogP contribution in [-0.4, -0.2) is 11.6 Å². The van der Waals surface area contributed by atoms with Crippen LogP contribution in [0.3, 0.4) is 0 Å². The lowest BCUT2D eigenvalue weighted by molar-refractivity contribution is -0.116. The van der Waals surface area contributed by atoms with Gasteiger partial charge in [0, 0.05) is 12.5 Å². The molecule has 0 saturated heterocycles. The molecule has 0 radical (unpaired) electrons. The second kappa shape index (κ2) is 9.18. The van der Waals surface area contributed by atoms with Crippen molar-refractivity contribution in [3.05, 3.63) is 48.0 Å². The van der Waals surface area contributed by atoms with Gasteiger partial charge in [-0.15, -0.1) is 0 Å². The Balaban J connectivity index is 0.000000491. The summed E-state index contributed by atoms with van der Waals surface area (Å²) in [7, 11) is 0. The van der Waals surface area contributed by atoms with Crippen LogP contribution < -0.4 is 10.2 Å². The third-order valence-corrected chi connectivity index (χ3v) is 2.05.